The van der Waals surface area contributed by atoms with Crippen LogP contribution in [-0.2, 0) is 0 Å². The molecule has 1 amide bonds. The lowest BCUT2D eigenvalue weighted by molar-refractivity contribution is 0.0970. The zero-order valence-electron chi connectivity index (χ0n) is 15.7. The third-order valence-corrected chi connectivity index (χ3v) is 5.41. The topological polar surface area (TPSA) is 63.4 Å². The van der Waals surface area contributed by atoms with Gasteiger partial charge in [0.05, 0.1) is 17.0 Å². The Bertz CT molecular complexity index is 1380. The molecule has 1 atom stereocenters. The van der Waals surface area contributed by atoms with Gasteiger partial charge in [0.15, 0.2) is 5.43 Å². The van der Waals surface area contributed by atoms with Crippen LogP contribution in [0.1, 0.15) is 33.3 Å². The standard InChI is InChI=1S/C23H14ClFN2O3/c1-12-6-9-18(26-11-12)27-20(14-4-2-3-5-16(14)25)19-21(28)15-10-13(24)7-8-17(15)30-22(19)23(27)29/h2-11,20H,1H3. The fourth-order valence-electron chi connectivity index (χ4n) is 3.77. The number of hydrogen-bond acceptors (Lipinski definition) is 4. The van der Waals surface area contributed by atoms with Gasteiger partial charge in [-0.05, 0) is 42.8 Å². The molecular weight excluding hydrogens is 407 g/mol. The Balaban J connectivity index is 1.84. The fraction of sp³-hybridized carbons (Fsp3) is 0.0870. The summed E-state index contributed by atoms with van der Waals surface area (Å²) in [6, 6.07) is 13.1. The number of halogens is 2. The van der Waals surface area contributed by atoms with Crippen molar-refractivity contribution in [2.24, 2.45) is 0 Å². The van der Waals surface area contributed by atoms with Crippen LogP contribution in [0.25, 0.3) is 11.0 Å². The summed E-state index contributed by atoms with van der Waals surface area (Å²) in [4.78, 5) is 32.4. The molecule has 7 heteroatoms. The van der Waals surface area contributed by atoms with Crippen molar-refractivity contribution in [1.29, 1.82) is 0 Å². The lowest BCUT2D eigenvalue weighted by Crippen LogP contribution is -2.30. The predicted octanol–water partition coefficient (Wildman–Crippen LogP) is 5.04. The largest absolute Gasteiger partial charge is 0.450 e. The van der Waals surface area contributed by atoms with Gasteiger partial charge in [0.25, 0.3) is 5.91 Å². The smallest absolute Gasteiger partial charge is 0.296 e. The van der Waals surface area contributed by atoms with Crippen molar-refractivity contribution in [2.75, 3.05) is 4.90 Å². The van der Waals surface area contributed by atoms with Crippen molar-refractivity contribution in [1.82, 2.24) is 4.98 Å². The van der Waals surface area contributed by atoms with Crippen molar-refractivity contribution in [3.8, 4) is 0 Å². The highest BCUT2D eigenvalue weighted by Gasteiger charge is 2.45. The molecule has 1 aliphatic heterocycles. The van der Waals surface area contributed by atoms with E-state index in [-0.39, 0.29) is 27.9 Å². The molecule has 3 heterocycles. The van der Waals surface area contributed by atoms with Gasteiger partial charge in [-0.15, -0.1) is 0 Å². The minimum atomic E-state index is -1.01. The number of nitrogens with zero attached hydrogens (tertiary/aromatic N) is 2. The number of pyridine rings is 1. The van der Waals surface area contributed by atoms with Gasteiger partial charge in [0.2, 0.25) is 5.76 Å². The van der Waals surface area contributed by atoms with E-state index in [2.05, 4.69) is 4.98 Å². The van der Waals surface area contributed by atoms with Crippen LogP contribution in [0.15, 0.2) is 70.0 Å². The van der Waals surface area contributed by atoms with E-state index in [1.165, 1.54) is 23.1 Å². The van der Waals surface area contributed by atoms with Gasteiger partial charge >= 0.3 is 0 Å². The van der Waals surface area contributed by atoms with Gasteiger partial charge in [-0.25, -0.2) is 9.37 Å². The Hall–Kier alpha value is -3.51. The maximum absolute atomic E-state index is 14.8. The molecule has 0 spiro atoms. The minimum absolute atomic E-state index is 0.0715. The number of carbonyl (C=O) groups excluding carboxylic acids is 1. The normalized spacial score (nSPS) is 15.6. The number of benzene rings is 2. The van der Waals surface area contributed by atoms with E-state index in [1.807, 2.05) is 6.92 Å². The molecule has 4 aromatic rings. The summed E-state index contributed by atoms with van der Waals surface area (Å²) < 4.78 is 20.6. The molecule has 30 heavy (non-hydrogen) atoms. The van der Waals surface area contributed by atoms with Crippen molar-refractivity contribution in [2.45, 2.75) is 13.0 Å². The molecule has 148 valence electrons. The van der Waals surface area contributed by atoms with E-state index >= 15 is 0 Å². The minimum Gasteiger partial charge on any atom is -0.450 e. The number of anilines is 1. The van der Waals surface area contributed by atoms with Crippen molar-refractivity contribution in [3.05, 3.63) is 104 Å². The molecule has 0 saturated carbocycles. The monoisotopic (exact) mass is 420 g/mol. The molecule has 0 bridgehead atoms. The van der Waals surface area contributed by atoms with Gasteiger partial charge < -0.3 is 4.42 Å². The molecule has 0 fully saturated rings. The average molecular weight is 421 g/mol. The van der Waals surface area contributed by atoms with Crippen LogP contribution in [0, 0.1) is 12.7 Å². The zero-order valence-corrected chi connectivity index (χ0v) is 16.5. The molecule has 5 rings (SSSR count). The highest BCUT2D eigenvalue weighted by molar-refractivity contribution is 6.31. The zero-order chi connectivity index (χ0) is 21.0. The van der Waals surface area contributed by atoms with E-state index in [1.54, 1.807) is 42.6 Å². The molecule has 0 saturated heterocycles. The van der Waals surface area contributed by atoms with Gasteiger partial charge in [-0.1, -0.05) is 35.9 Å². The summed E-state index contributed by atoms with van der Waals surface area (Å²) in [6.07, 6.45) is 1.61. The molecule has 1 aliphatic rings. The van der Waals surface area contributed by atoms with E-state index < -0.39 is 23.2 Å². The summed E-state index contributed by atoms with van der Waals surface area (Å²) >= 11 is 6.06. The van der Waals surface area contributed by atoms with Crippen LogP contribution >= 0.6 is 11.6 Å². The second kappa shape index (κ2) is 6.78. The molecule has 0 radical (unpaired) electrons. The maximum Gasteiger partial charge on any atom is 0.296 e. The quantitative estimate of drug-likeness (QED) is 0.456. The van der Waals surface area contributed by atoms with Gasteiger partial charge in [-0.3, -0.25) is 14.5 Å². The average Bonchev–Trinajstić information content (AvgIpc) is 3.02. The van der Waals surface area contributed by atoms with E-state index in [0.29, 0.717) is 10.8 Å². The molecule has 0 N–H and O–H groups in total. The number of hydrogen-bond donors (Lipinski definition) is 0. The van der Waals surface area contributed by atoms with E-state index in [0.717, 1.165) is 5.56 Å². The highest BCUT2D eigenvalue weighted by atomic mass is 35.5. The summed E-state index contributed by atoms with van der Waals surface area (Å²) in [6.45, 7) is 1.87. The lowest BCUT2D eigenvalue weighted by Gasteiger charge is -2.24. The third kappa shape index (κ3) is 2.72. The molecule has 1 unspecified atom stereocenters. The molecule has 0 aliphatic carbocycles. The number of carbonyl (C=O) groups is 1. The van der Waals surface area contributed by atoms with Crippen LogP contribution in [-0.4, -0.2) is 10.9 Å². The van der Waals surface area contributed by atoms with Crippen LogP contribution < -0.4 is 10.3 Å². The summed E-state index contributed by atoms with van der Waals surface area (Å²) in [5.74, 6) is -0.911. The van der Waals surface area contributed by atoms with E-state index in [9.17, 15) is 14.0 Å². The number of fused-ring (bicyclic) bond motifs is 2. The molecule has 2 aromatic carbocycles. The second-order valence-electron chi connectivity index (χ2n) is 7.11. The van der Waals surface area contributed by atoms with Gasteiger partial charge in [0, 0.05) is 16.8 Å². The van der Waals surface area contributed by atoms with Gasteiger partial charge in [0.1, 0.15) is 17.2 Å². The number of rotatable bonds is 2. The summed E-state index contributed by atoms with van der Waals surface area (Å²) in [5.41, 5.74) is 0.968. The van der Waals surface area contributed by atoms with Gasteiger partial charge in [-0.2, -0.15) is 0 Å². The first-order chi connectivity index (χ1) is 14.5. The summed E-state index contributed by atoms with van der Waals surface area (Å²) in [5, 5.41) is 0.590. The summed E-state index contributed by atoms with van der Waals surface area (Å²) in [7, 11) is 0. The Morgan fingerprint density at radius 3 is 2.63 bits per heavy atom. The van der Waals surface area contributed by atoms with E-state index in [4.69, 9.17) is 16.0 Å². The Morgan fingerprint density at radius 2 is 1.90 bits per heavy atom. The van der Waals surface area contributed by atoms with Crippen LogP contribution in [0.5, 0.6) is 0 Å². The highest BCUT2D eigenvalue weighted by Crippen LogP contribution is 2.41. The second-order valence-corrected chi connectivity index (χ2v) is 7.54. The maximum atomic E-state index is 14.8. The first-order valence-electron chi connectivity index (χ1n) is 9.22. The first kappa shape index (κ1) is 18.5. The first-order valence-corrected chi connectivity index (χ1v) is 9.60. The Morgan fingerprint density at radius 1 is 1.10 bits per heavy atom. The van der Waals surface area contributed by atoms with Crippen LogP contribution in [0.3, 0.4) is 0 Å². The fourth-order valence-corrected chi connectivity index (χ4v) is 3.95. The third-order valence-electron chi connectivity index (χ3n) is 5.17. The van der Waals surface area contributed by atoms with Crippen LogP contribution in [0.2, 0.25) is 5.02 Å². The number of aromatic nitrogens is 1. The molecule has 5 nitrogen and oxygen atoms in total. The predicted molar refractivity (Wildman–Crippen MR) is 112 cm³/mol. The number of aryl methyl sites for hydroxylation is 1. The van der Waals surface area contributed by atoms with Crippen molar-refractivity contribution in [3.63, 3.8) is 0 Å². The van der Waals surface area contributed by atoms with Crippen molar-refractivity contribution < 1.29 is 13.6 Å². The SMILES string of the molecule is Cc1ccc(N2C(=O)c3oc4ccc(Cl)cc4c(=O)c3C2c2ccccc2F)nc1. The van der Waals surface area contributed by atoms with Crippen LogP contribution in [0.4, 0.5) is 10.2 Å². The molecule has 2 aromatic heterocycles. The molecular formula is C23H14ClFN2O3. The lowest BCUT2D eigenvalue weighted by atomic mass is 9.98. The van der Waals surface area contributed by atoms with Crippen molar-refractivity contribution >= 4 is 34.3 Å². The Kier molecular flexibility index (Phi) is 4.18. The number of amides is 1. The Labute approximate surface area is 175 Å².